The normalized spacial score (nSPS) is 11.4. The maximum absolute atomic E-state index is 13.5. The molecule has 0 aliphatic heterocycles. The van der Waals surface area contributed by atoms with Gasteiger partial charge in [-0.25, -0.2) is 4.98 Å². The first-order valence-corrected chi connectivity index (χ1v) is 14.3. The number of aromatic nitrogens is 1. The summed E-state index contributed by atoms with van der Waals surface area (Å²) in [4.78, 5) is 41.8. The summed E-state index contributed by atoms with van der Waals surface area (Å²) in [5, 5.41) is 18.5. The number of rotatable bonds is 9. The number of anilines is 2. The molecule has 0 aliphatic carbocycles. The highest BCUT2D eigenvalue weighted by Gasteiger charge is 2.23. The Bertz CT molecular complexity index is 1670. The smallest absolute Gasteiger partial charge is 0.269 e. The van der Waals surface area contributed by atoms with E-state index >= 15 is 0 Å². The standard InChI is InChI=1S/C31H24N4O4S2/c1-20-7-9-21(10-8-20)27-19-40-31(33-27)34-30(37)28(22-5-3-2-4-6-22)41-26-17-13-24(14-18-26)32-29(36)23-11-15-25(16-12-23)35(38)39/h2-19,28H,1H3,(H,32,36)(H,33,34,37). The van der Waals surface area contributed by atoms with Crippen molar-refractivity contribution in [3.63, 3.8) is 0 Å². The van der Waals surface area contributed by atoms with Crippen LogP contribution in [0, 0.1) is 17.0 Å². The summed E-state index contributed by atoms with van der Waals surface area (Å²) in [6.45, 7) is 2.03. The molecule has 0 radical (unpaired) electrons. The van der Waals surface area contributed by atoms with Gasteiger partial charge < -0.3 is 10.6 Å². The lowest BCUT2D eigenvalue weighted by Crippen LogP contribution is -2.19. The van der Waals surface area contributed by atoms with Crippen molar-refractivity contribution >= 4 is 51.4 Å². The van der Waals surface area contributed by atoms with Crippen molar-refractivity contribution in [3.8, 4) is 11.3 Å². The molecule has 5 aromatic rings. The van der Waals surface area contributed by atoms with E-state index in [0.717, 1.165) is 21.7 Å². The van der Waals surface area contributed by atoms with Crippen molar-refractivity contribution in [1.82, 2.24) is 4.98 Å². The predicted octanol–water partition coefficient (Wildman–Crippen LogP) is 7.75. The third kappa shape index (κ3) is 7.05. The summed E-state index contributed by atoms with van der Waals surface area (Å²) in [5.41, 5.74) is 4.59. The van der Waals surface area contributed by atoms with Gasteiger partial charge in [0.1, 0.15) is 5.25 Å². The van der Waals surface area contributed by atoms with Crippen molar-refractivity contribution in [2.24, 2.45) is 0 Å². The third-order valence-corrected chi connectivity index (χ3v) is 8.15. The van der Waals surface area contributed by atoms with E-state index in [4.69, 9.17) is 0 Å². The second-order valence-corrected chi connectivity index (χ2v) is 11.1. The molecule has 1 aromatic heterocycles. The van der Waals surface area contributed by atoms with E-state index in [1.165, 1.54) is 52.9 Å². The topological polar surface area (TPSA) is 114 Å². The lowest BCUT2D eigenvalue weighted by molar-refractivity contribution is -0.384. The van der Waals surface area contributed by atoms with Crippen LogP contribution in [0.25, 0.3) is 11.3 Å². The highest BCUT2D eigenvalue weighted by Crippen LogP contribution is 2.37. The van der Waals surface area contributed by atoms with E-state index in [1.54, 1.807) is 12.1 Å². The van der Waals surface area contributed by atoms with E-state index in [0.29, 0.717) is 16.4 Å². The van der Waals surface area contributed by atoms with E-state index in [-0.39, 0.29) is 17.5 Å². The van der Waals surface area contributed by atoms with Gasteiger partial charge in [-0.2, -0.15) is 0 Å². The molecule has 8 nitrogen and oxygen atoms in total. The Morgan fingerprint density at radius 1 is 0.878 bits per heavy atom. The van der Waals surface area contributed by atoms with Crippen LogP contribution in [0.5, 0.6) is 0 Å². The molecule has 0 saturated heterocycles. The first-order chi connectivity index (χ1) is 19.9. The molecular weight excluding hydrogens is 556 g/mol. The van der Waals surface area contributed by atoms with Crippen molar-refractivity contribution < 1.29 is 14.5 Å². The number of carbonyl (C=O) groups is 2. The minimum Gasteiger partial charge on any atom is -0.322 e. The Kier molecular flexibility index (Phi) is 8.52. The van der Waals surface area contributed by atoms with Crippen LogP contribution >= 0.6 is 23.1 Å². The number of amides is 2. The van der Waals surface area contributed by atoms with E-state index < -0.39 is 10.2 Å². The SMILES string of the molecule is Cc1ccc(-c2csc(NC(=O)C(Sc3ccc(NC(=O)c4ccc([N+](=O)[O-])cc4)cc3)c3ccccc3)n2)cc1. The molecule has 5 rings (SSSR count). The zero-order valence-electron chi connectivity index (χ0n) is 21.8. The Balaban J connectivity index is 1.27. The maximum Gasteiger partial charge on any atom is 0.269 e. The first-order valence-electron chi connectivity index (χ1n) is 12.6. The maximum atomic E-state index is 13.5. The molecule has 41 heavy (non-hydrogen) atoms. The van der Waals surface area contributed by atoms with Crippen molar-refractivity contribution in [1.29, 1.82) is 0 Å². The second-order valence-electron chi connectivity index (χ2n) is 9.08. The van der Waals surface area contributed by atoms with Crippen molar-refractivity contribution in [3.05, 3.63) is 135 Å². The fourth-order valence-corrected chi connectivity index (χ4v) is 5.70. The van der Waals surface area contributed by atoms with Gasteiger partial charge in [-0.15, -0.1) is 23.1 Å². The van der Waals surface area contributed by atoms with Crippen LogP contribution < -0.4 is 10.6 Å². The van der Waals surface area contributed by atoms with Gasteiger partial charge in [0.25, 0.3) is 11.6 Å². The second kappa shape index (κ2) is 12.6. The molecule has 0 saturated carbocycles. The highest BCUT2D eigenvalue weighted by atomic mass is 32.2. The summed E-state index contributed by atoms with van der Waals surface area (Å²) in [7, 11) is 0. The number of nitrogens with one attached hydrogen (secondary N) is 2. The Morgan fingerprint density at radius 3 is 2.22 bits per heavy atom. The van der Waals surface area contributed by atoms with Crippen molar-refractivity contribution in [2.45, 2.75) is 17.1 Å². The number of aryl methyl sites for hydroxylation is 1. The van der Waals surface area contributed by atoms with Gasteiger partial charge in [-0.3, -0.25) is 19.7 Å². The molecule has 0 spiro atoms. The molecule has 0 aliphatic rings. The fourth-order valence-electron chi connectivity index (χ4n) is 3.95. The number of hydrogen-bond acceptors (Lipinski definition) is 7. The van der Waals surface area contributed by atoms with Gasteiger partial charge in [-0.05, 0) is 48.9 Å². The van der Waals surface area contributed by atoms with Crippen molar-refractivity contribution in [2.75, 3.05) is 10.6 Å². The Hall–Kier alpha value is -4.80. The summed E-state index contributed by atoms with van der Waals surface area (Å²) in [6, 6.07) is 30.2. The molecule has 1 heterocycles. The quantitative estimate of drug-likeness (QED) is 0.105. The van der Waals surface area contributed by atoms with Gasteiger partial charge >= 0.3 is 0 Å². The summed E-state index contributed by atoms with van der Waals surface area (Å²) in [6.07, 6.45) is 0. The molecule has 2 N–H and O–H groups in total. The lowest BCUT2D eigenvalue weighted by atomic mass is 10.1. The number of thiazole rings is 1. The van der Waals surface area contributed by atoms with Gasteiger partial charge in [0.05, 0.1) is 10.6 Å². The lowest BCUT2D eigenvalue weighted by Gasteiger charge is -2.16. The molecule has 4 aromatic carbocycles. The summed E-state index contributed by atoms with van der Waals surface area (Å²) in [5.74, 6) is -0.572. The molecule has 10 heteroatoms. The summed E-state index contributed by atoms with van der Waals surface area (Å²) < 4.78 is 0. The van der Waals surface area contributed by atoms with Crippen LogP contribution in [0.1, 0.15) is 26.7 Å². The molecule has 2 amide bonds. The number of nitro benzene ring substituents is 1. The van der Waals surface area contributed by atoms with Gasteiger partial charge in [-0.1, -0.05) is 60.2 Å². The van der Waals surface area contributed by atoms with Crippen LogP contribution in [-0.2, 0) is 4.79 Å². The monoisotopic (exact) mass is 580 g/mol. The van der Waals surface area contributed by atoms with Gasteiger partial charge in [0, 0.05) is 39.2 Å². The number of nitro groups is 1. The molecular formula is C31H24N4O4S2. The summed E-state index contributed by atoms with van der Waals surface area (Å²) >= 11 is 2.77. The number of hydrogen-bond donors (Lipinski definition) is 2. The zero-order valence-corrected chi connectivity index (χ0v) is 23.4. The Labute approximate surface area is 244 Å². The van der Waals surface area contributed by atoms with Gasteiger partial charge in [0.15, 0.2) is 5.13 Å². The largest absolute Gasteiger partial charge is 0.322 e. The van der Waals surface area contributed by atoms with Crippen LogP contribution in [0.3, 0.4) is 0 Å². The van der Waals surface area contributed by atoms with Crippen LogP contribution in [-0.4, -0.2) is 21.7 Å². The number of benzene rings is 4. The van der Waals surface area contributed by atoms with Crippen LogP contribution in [0.15, 0.2) is 113 Å². The fraction of sp³-hybridized carbons (Fsp3) is 0.0645. The average molecular weight is 581 g/mol. The van der Waals surface area contributed by atoms with E-state index in [2.05, 4.69) is 15.6 Å². The minimum atomic E-state index is -0.538. The number of non-ortho nitro benzene ring substituents is 1. The molecule has 1 atom stereocenters. The zero-order chi connectivity index (χ0) is 28.8. The molecule has 204 valence electrons. The molecule has 0 fully saturated rings. The average Bonchev–Trinajstić information content (AvgIpc) is 3.46. The van der Waals surface area contributed by atoms with Crippen LogP contribution in [0.2, 0.25) is 0 Å². The number of thioether (sulfide) groups is 1. The third-order valence-electron chi connectivity index (χ3n) is 6.13. The minimum absolute atomic E-state index is 0.0819. The predicted molar refractivity (Wildman–Crippen MR) is 163 cm³/mol. The number of carbonyl (C=O) groups excluding carboxylic acids is 2. The highest BCUT2D eigenvalue weighted by molar-refractivity contribution is 8.00. The number of nitrogens with zero attached hydrogens (tertiary/aromatic N) is 2. The molecule has 1 unspecified atom stereocenters. The Morgan fingerprint density at radius 2 is 1.56 bits per heavy atom. The van der Waals surface area contributed by atoms with E-state index in [9.17, 15) is 19.7 Å². The van der Waals surface area contributed by atoms with E-state index in [1.807, 2.05) is 79.0 Å². The first kappa shape index (κ1) is 27.8. The molecule has 0 bridgehead atoms. The van der Waals surface area contributed by atoms with Crippen LogP contribution in [0.4, 0.5) is 16.5 Å². The van der Waals surface area contributed by atoms with Gasteiger partial charge in [0.2, 0.25) is 5.91 Å².